The minimum absolute atomic E-state index is 0.312. The number of nitrogens with one attached hydrogen (secondary N) is 1. The number of hydrogen-bond donors (Lipinski definition) is 1. The Morgan fingerprint density at radius 3 is 3.00 bits per heavy atom. The first kappa shape index (κ1) is 14.6. The molecule has 1 aromatic rings. The number of unbranched alkanes of at least 4 members (excludes halogenated alkanes) is 1. The highest BCUT2D eigenvalue weighted by Gasteiger charge is 2.22. The monoisotopic (exact) mass is 289 g/mol. The van der Waals surface area contributed by atoms with Crippen molar-refractivity contribution in [1.29, 1.82) is 0 Å². The number of H-pyrrole nitrogens is 1. The lowest BCUT2D eigenvalue weighted by Gasteiger charge is -2.26. The van der Waals surface area contributed by atoms with Gasteiger partial charge in [-0.15, -0.1) is 0 Å². The topological polar surface area (TPSA) is 49.0 Å². The molecule has 1 fully saturated rings. The van der Waals surface area contributed by atoms with Gasteiger partial charge in [-0.1, -0.05) is 44.9 Å². The third-order valence-corrected chi connectivity index (χ3v) is 5.11. The van der Waals surface area contributed by atoms with Gasteiger partial charge in [-0.3, -0.25) is 4.79 Å². The Kier molecular flexibility index (Phi) is 4.94. The maximum atomic E-state index is 12.3. The zero-order chi connectivity index (χ0) is 14.5. The van der Waals surface area contributed by atoms with Crippen LogP contribution in [-0.4, -0.2) is 27.3 Å². The fourth-order valence-corrected chi connectivity index (χ4v) is 3.76. The Balaban J connectivity index is 1.35. The fraction of sp³-hybridized carbons (Fsp3) is 0.765. The molecule has 116 valence electrons. The summed E-state index contributed by atoms with van der Waals surface area (Å²) in [7, 11) is 0. The molecule has 0 bridgehead atoms. The average molecular weight is 289 g/mol. The molecule has 0 aromatic carbocycles. The Bertz CT molecular complexity index is 462. The number of carbonyl (C=O) groups excluding carboxylic acids is 1. The molecule has 1 aromatic heterocycles. The number of amides is 1. The molecular weight excluding hydrogens is 262 g/mol. The summed E-state index contributed by atoms with van der Waals surface area (Å²) in [6.07, 6.45) is 14.1. The Labute approximate surface area is 127 Å². The lowest BCUT2D eigenvalue weighted by Crippen LogP contribution is -2.35. The van der Waals surface area contributed by atoms with Crippen LogP contribution in [0.4, 0.5) is 0 Å². The van der Waals surface area contributed by atoms with Crippen LogP contribution >= 0.6 is 0 Å². The van der Waals surface area contributed by atoms with Crippen molar-refractivity contribution in [2.75, 3.05) is 6.54 Å². The molecular formula is C17H27N3O. The highest BCUT2D eigenvalue weighted by molar-refractivity contribution is 5.76. The van der Waals surface area contributed by atoms with Gasteiger partial charge in [0.2, 0.25) is 5.91 Å². The lowest BCUT2D eigenvalue weighted by atomic mass is 9.85. The van der Waals surface area contributed by atoms with Crippen LogP contribution in [0.2, 0.25) is 0 Å². The second kappa shape index (κ2) is 7.10. The summed E-state index contributed by atoms with van der Waals surface area (Å²) in [6, 6.07) is 0. The van der Waals surface area contributed by atoms with Gasteiger partial charge in [-0.2, -0.15) is 0 Å². The molecule has 4 nitrogen and oxygen atoms in total. The van der Waals surface area contributed by atoms with Crippen LogP contribution in [-0.2, 0) is 17.8 Å². The number of hydrogen-bond acceptors (Lipinski definition) is 2. The zero-order valence-electron chi connectivity index (χ0n) is 12.9. The first-order valence-corrected chi connectivity index (χ1v) is 8.62. The normalized spacial score (nSPS) is 19.5. The summed E-state index contributed by atoms with van der Waals surface area (Å²) < 4.78 is 0. The Morgan fingerprint density at radius 1 is 1.29 bits per heavy atom. The molecule has 3 rings (SSSR count). The third kappa shape index (κ3) is 3.86. The van der Waals surface area contributed by atoms with Gasteiger partial charge in [0.05, 0.1) is 18.6 Å². The van der Waals surface area contributed by atoms with E-state index in [2.05, 4.69) is 9.97 Å². The van der Waals surface area contributed by atoms with Gasteiger partial charge in [0.1, 0.15) is 0 Å². The second-order valence-corrected chi connectivity index (χ2v) is 6.64. The zero-order valence-corrected chi connectivity index (χ0v) is 12.9. The lowest BCUT2D eigenvalue weighted by molar-refractivity contribution is -0.132. The summed E-state index contributed by atoms with van der Waals surface area (Å²) in [6.45, 7) is 1.54. The van der Waals surface area contributed by atoms with Crippen molar-refractivity contribution in [3.8, 4) is 0 Å². The largest absolute Gasteiger partial charge is 0.348 e. The summed E-state index contributed by atoms with van der Waals surface area (Å²) in [5.41, 5.74) is 2.26. The van der Waals surface area contributed by atoms with Crippen molar-refractivity contribution >= 4 is 5.91 Å². The number of imidazole rings is 1. The number of rotatable bonds is 5. The van der Waals surface area contributed by atoms with E-state index in [0.717, 1.165) is 31.0 Å². The highest BCUT2D eigenvalue weighted by atomic mass is 16.2. The van der Waals surface area contributed by atoms with E-state index in [-0.39, 0.29) is 0 Å². The number of aromatic amines is 1. The SMILES string of the molecule is O=C(CCCCC1CCCCC1)N1CCc2[nH]cnc2C1. The maximum Gasteiger partial charge on any atom is 0.222 e. The summed E-state index contributed by atoms with van der Waals surface area (Å²) in [5.74, 6) is 1.25. The minimum atomic E-state index is 0.312. The van der Waals surface area contributed by atoms with Crippen molar-refractivity contribution in [3.63, 3.8) is 0 Å². The van der Waals surface area contributed by atoms with Crippen molar-refractivity contribution in [2.45, 2.75) is 70.8 Å². The molecule has 1 saturated carbocycles. The van der Waals surface area contributed by atoms with Crippen LogP contribution in [0.5, 0.6) is 0 Å². The second-order valence-electron chi connectivity index (χ2n) is 6.64. The molecule has 21 heavy (non-hydrogen) atoms. The summed E-state index contributed by atoms with van der Waals surface area (Å²) >= 11 is 0. The Hall–Kier alpha value is -1.32. The van der Waals surface area contributed by atoms with E-state index in [1.54, 1.807) is 6.33 Å². The van der Waals surface area contributed by atoms with Crippen LogP contribution in [0, 0.1) is 5.92 Å². The van der Waals surface area contributed by atoms with Gasteiger partial charge in [-0.25, -0.2) is 4.98 Å². The summed E-state index contributed by atoms with van der Waals surface area (Å²) in [5, 5.41) is 0. The van der Waals surface area contributed by atoms with E-state index in [0.29, 0.717) is 18.9 Å². The van der Waals surface area contributed by atoms with Crippen molar-refractivity contribution < 1.29 is 4.79 Å². The van der Waals surface area contributed by atoms with Crippen molar-refractivity contribution in [3.05, 3.63) is 17.7 Å². The van der Waals surface area contributed by atoms with Crippen molar-refractivity contribution in [2.24, 2.45) is 5.92 Å². The van der Waals surface area contributed by atoms with Crippen molar-refractivity contribution in [1.82, 2.24) is 14.9 Å². The number of carbonyl (C=O) groups is 1. The van der Waals surface area contributed by atoms with Gasteiger partial charge in [0.15, 0.2) is 0 Å². The fourth-order valence-electron chi connectivity index (χ4n) is 3.76. The number of fused-ring (bicyclic) bond motifs is 1. The third-order valence-electron chi connectivity index (χ3n) is 5.11. The molecule has 1 N–H and O–H groups in total. The van der Waals surface area contributed by atoms with Gasteiger partial charge < -0.3 is 9.88 Å². The molecule has 4 heteroatoms. The van der Waals surface area contributed by atoms with E-state index in [1.807, 2.05) is 4.90 Å². The Morgan fingerprint density at radius 2 is 2.14 bits per heavy atom. The highest BCUT2D eigenvalue weighted by Crippen LogP contribution is 2.28. The predicted molar refractivity (Wildman–Crippen MR) is 82.8 cm³/mol. The average Bonchev–Trinajstić information content (AvgIpc) is 3.00. The standard InChI is InChI=1S/C17H27N3O/c21-17(9-5-4-8-14-6-2-1-3-7-14)20-11-10-15-16(12-20)19-13-18-15/h13-14H,1-12H2,(H,18,19). The van der Waals surface area contributed by atoms with E-state index in [1.165, 1.54) is 50.6 Å². The van der Waals surface area contributed by atoms with Crippen LogP contribution < -0.4 is 0 Å². The van der Waals surface area contributed by atoms with Gasteiger partial charge in [0, 0.05) is 25.1 Å². The molecule has 1 aliphatic carbocycles. The number of nitrogens with zero attached hydrogens (tertiary/aromatic N) is 2. The van der Waals surface area contributed by atoms with E-state index >= 15 is 0 Å². The first-order chi connectivity index (χ1) is 10.3. The molecule has 1 amide bonds. The van der Waals surface area contributed by atoms with E-state index in [4.69, 9.17) is 0 Å². The molecule has 0 atom stereocenters. The summed E-state index contributed by atoms with van der Waals surface area (Å²) in [4.78, 5) is 21.7. The molecule has 1 aliphatic heterocycles. The quantitative estimate of drug-likeness (QED) is 0.844. The molecule has 2 aliphatic rings. The van der Waals surface area contributed by atoms with Crippen LogP contribution in [0.1, 0.15) is 69.2 Å². The molecule has 2 heterocycles. The molecule has 0 radical (unpaired) electrons. The van der Waals surface area contributed by atoms with E-state index < -0.39 is 0 Å². The van der Waals surface area contributed by atoms with Crippen LogP contribution in [0.25, 0.3) is 0 Å². The predicted octanol–water partition coefficient (Wildman–Crippen LogP) is 3.44. The van der Waals surface area contributed by atoms with Gasteiger partial charge in [0.25, 0.3) is 0 Å². The number of aromatic nitrogens is 2. The first-order valence-electron chi connectivity index (χ1n) is 8.62. The smallest absolute Gasteiger partial charge is 0.222 e. The van der Waals surface area contributed by atoms with Crippen LogP contribution in [0.3, 0.4) is 0 Å². The van der Waals surface area contributed by atoms with E-state index in [9.17, 15) is 4.79 Å². The minimum Gasteiger partial charge on any atom is -0.348 e. The van der Waals surface area contributed by atoms with Gasteiger partial charge >= 0.3 is 0 Å². The molecule has 0 spiro atoms. The van der Waals surface area contributed by atoms with Crippen LogP contribution in [0.15, 0.2) is 6.33 Å². The maximum absolute atomic E-state index is 12.3. The molecule has 0 saturated heterocycles. The van der Waals surface area contributed by atoms with Gasteiger partial charge in [-0.05, 0) is 12.3 Å². The molecule has 0 unspecified atom stereocenters.